The zero-order valence-electron chi connectivity index (χ0n) is 4.39. The van der Waals surface area contributed by atoms with Crippen LogP contribution in [0.1, 0.15) is 12.8 Å². The molecule has 1 aliphatic rings. The maximum Gasteiger partial charge on any atom is 0.0590 e. The van der Waals surface area contributed by atoms with E-state index in [2.05, 4.69) is 5.32 Å². The topological polar surface area (TPSA) is 14.1 Å². The Labute approximate surface area is 48.9 Å². The minimum Gasteiger partial charge on any atom is -0.231 e. The molecule has 0 bridgehead atoms. The molecule has 0 aliphatic carbocycles. The van der Waals surface area contributed by atoms with E-state index in [-0.39, 0.29) is 0 Å². The van der Waals surface area contributed by atoms with Crippen LogP contribution in [-0.2, 0) is 0 Å². The Balaban J connectivity index is 2.04. The normalized spacial score (nSPS) is 24.0. The highest BCUT2D eigenvalue weighted by molar-refractivity contribution is 7.99. The van der Waals surface area contributed by atoms with E-state index in [0.29, 0.717) is 0 Å². The Morgan fingerprint density at radius 1 is 1.29 bits per heavy atom. The van der Waals surface area contributed by atoms with Crippen molar-refractivity contribution in [1.29, 1.82) is 0 Å². The lowest BCUT2D eigenvalue weighted by Gasteiger charge is -1.88. The minimum absolute atomic E-state index is 1.04. The van der Waals surface area contributed by atoms with E-state index in [1.807, 2.05) is 11.8 Å². The Morgan fingerprint density at radius 2 is 2.29 bits per heavy atom. The molecule has 0 atom stereocenters. The first kappa shape index (κ1) is 5.45. The van der Waals surface area contributed by atoms with Gasteiger partial charge in [0.15, 0.2) is 0 Å². The summed E-state index contributed by atoms with van der Waals surface area (Å²) in [5.74, 6) is 2.36. The van der Waals surface area contributed by atoms with Gasteiger partial charge in [-0.25, -0.2) is 5.32 Å². The number of hydrogen-bond donors (Lipinski definition) is 0. The Morgan fingerprint density at radius 3 is 3.29 bits per heavy atom. The van der Waals surface area contributed by atoms with E-state index in [1.165, 1.54) is 18.6 Å². The zero-order valence-corrected chi connectivity index (χ0v) is 5.21. The second-order valence-corrected chi connectivity index (χ2v) is 2.77. The fraction of sp³-hybridized carbons (Fsp3) is 1.00. The summed E-state index contributed by atoms with van der Waals surface area (Å²) in [6.07, 6.45) is 2.68. The van der Waals surface area contributed by atoms with Crippen molar-refractivity contribution in [3.8, 4) is 0 Å². The van der Waals surface area contributed by atoms with Crippen molar-refractivity contribution >= 4 is 11.8 Å². The van der Waals surface area contributed by atoms with Crippen molar-refractivity contribution in [3.63, 3.8) is 0 Å². The molecule has 1 fully saturated rings. The highest BCUT2D eigenvalue weighted by Gasteiger charge is 1.95. The lowest BCUT2D eigenvalue weighted by atomic mass is 10.3. The molecule has 0 saturated carbocycles. The first-order chi connectivity index (χ1) is 3.50. The molecule has 1 heterocycles. The summed E-state index contributed by atoms with van der Waals surface area (Å²) in [6, 6.07) is 0. The maximum atomic E-state index is 4.23. The van der Waals surface area contributed by atoms with Crippen molar-refractivity contribution in [2.24, 2.45) is 0 Å². The summed E-state index contributed by atoms with van der Waals surface area (Å²) < 4.78 is 0. The quantitative estimate of drug-likeness (QED) is 0.462. The van der Waals surface area contributed by atoms with Crippen LogP contribution < -0.4 is 5.32 Å². The van der Waals surface area contributed by atoms with Crippen LogP contribution in [0.25, 0.3) is 0 Å². The molecule has 1 saturated heterocycles. The van der Waals surface area contributed by atoms with Crippen molar-refractivity contribution in [3.05, 3.63) is 0 Å². The van der Waals surface area contributed by atoms with Crippen molar-refractivity contribution < 1.29 is 0 Å². The van der Waals surface area contributed by atoms with Gasteiger partial charge in [0.1, 0.15) is 0 Å². The van der Waals surface area contributed by atoms with Gasteiger partial charge in [-0.3, -0.25) is 0 Å². The Hall–Kier alpha value is 0.310. The molecule has 2 heteroatoms. The minimum atomic E-state index is 1.04. The molecule has 1 aliphatic heterocycles. The SMILES string of the molecule is C1CCSC[N]C1. The molecular formula is C5H10NS. The smallest absolute Gasteiger partial charge is 0.0590 e. The van der Waals surface area contributed by atoms with E-state index in [0.717, 1.165) is 12.4 Å². The van der Waals surface area contributed by atoms with E-state index < -0.39 is 0 Å². The second kappa shape index (κ2) is 3.33. The first-order valence-corrected chi connectivity index (χ1v) is 3.86. The number of nitrogens with zero attached hydrogens (tertiary/aromatic N) is 1. The molecule has 41 valence electrons. The highest BCUT2D eigenvalue weighted by atomic mass is 32.2. The fourth-order valence-corrected chi connectivity index (χ4v) is 1.42. The van der Waals surface area contributed by atoms with Crippen molar-refractivity contribution in [2.45, 2.75) is 12.8 Å². The Kier molecular flexibility index (Phi) is 2.59. The third kappa shape index (κ3) is 2.19. The monoisotopic (exact) mass is 116 g/mol. The van der Waals surface area contributed by atoms with E-state index in [1.54, 1.807) is 0 Å². The van der Waals surface area contributed by atoms with Gasteiger partial charge in [-0.1, -0.05) is 0 Å². The molecule has 1 nitrogen and oxygen atoms in total. The molecule has 0 spiro atoms. The first-order valence-electron chi connectivity index (χ1n) is 2.71. The third-order valence-corrected chi connectivity index (χ3v) is 1.98. The van der Waals surface area contributed by atoms with Crippen LogP contribution in [0, 0.1) is 0 Å². The average Bonchev–Trinajstić information content (AvgIpc) is 1.90. The van der Waals surface area contributed by atoms with Crippen LogP contribution in [0.3, 0.4) is 0 Å². The molecule has 0 N–H and O–H groups in total. The van der Waals surface area contributed by atoms with Crippen LogP contribution in [0.5, 0.6) is 0 Å². The van der Waals surface area contributed by atoms with E-state index in [4.69, 9.17) is 0 Å². The molecule has 1 rings (SSSR count). The van der Waals surface area contributed by atoms with Gasteiger partial charge in [-0.2, -0.15) is 0 Å². The van der Waals surface area contributed by atoms with E-state index in [9.17, 15) is 0 Å². The van der Waals surface area contributed by atoms with E-state index >= 15 is 0 Å². The lowest BCUT2D eigenvalue weighted by Crippen LogP contribution is -2.01. The number of hydrogen-bond acceptors (Lipinski definition) is 1. The van der Waals surface area contributed by atoms with Gasteiger partial charge in [-0.05, 0) is 18.6 Å². The largest absolute Gasteiger partial charge is 0.231 e. The summed E-state index contributed by atoms with van der Waals surface area (Å²) in [5.41, 5.74) is 0. The van der Waals surface area contributed by atoms with Crippen LogP contribution in [-0.4, -0.2) is 18.2 Å². The molecule has 0 amide bonds. The molecular weight excluding hydrogens is 106 g/mol. The van der Waals surface area contributed by atoms with Gasteiger partial charge in [0.25, 0.3) is 0 Å². The van der Waals surface area contributed by atoms with Crippen molar-refractivity contribution in [2.75, 3.05) is 18.2 Å². The molecule has 1 radical (unpaired) electrons. The summed E-state index contributed by atoms with van der Waals surface area (Å²) >= 11 is 1.95. The number of rotatable bonds is 0. The summed E-state index contributed by atoms with van der Waals surface area (Å²) in [7, 11) is 0. The van der Waals surface area contributed by atoms with Crippen LogP contribution in [0.15, 0.2) is 0 Å². The van der Waals surface area contributed by atoms with Crippen LogP contribution >= 0.6 is 11.8 Å². The van der Waals surface area contributed by atoms with Gasteiger partial charge in [0.05, 0.1) is 5.88 Å². The molecule has 0 aromatic rings. The van der Waals surface area contributed by atoms with Gasteiger partial charge < -0.3 is 0 Å². The van der Waals surface area contributed by atoms with Gasteiger partial charge in [-0.15, -0.1) is 11.8 Å². The predicted molar refractivity (Wildman–Crippen MR) is 33.6 cm³/mol. The summed E-state index contributed by atoms with van der Waals surface area (Å²) in [5, 5.41) is 4.23. The maximum absolute atomic E-state index is 4.23. The molecule has 0 unspecified atom stereocenters. The molecule has 7 heavy (non-hydrogen) atoms. The van der Waals surface area contributed by atoms with Gasteiger partial charge in [0.2, 0.25) is 0 Å². The van der Waals surface area contributed by atoms with Crippen molar-refractivity contribution in [1.82, 2.24) is 5.32 Å². The summed E-state index contributed by atoms with van der Waals surface area (Å²) in [4.78, 5) is 0. The third-order valence-electron chi connectivity index (χ3n) is 1.04. The highest BCUT2D eigenvalue weighted by Crippen LogP contribution is 2.06. The van der Waals surface area contributed by atoms with Gasteiger partial charge in [0, 0.05) is 6.54 Å². The predicted octanol–water partition coefficient (Wildman–Crippen LogP) is 1.08. The van der Waals surface area contributed by atoms with Crippen LogP contribution in [0.2, 0.25) is 0 Å². The molecule has 0 aromatic heterocycles. The molecule has 0 aromatic carbocycles. The lowest BCUT2D eigenvalue weighted by molar-refractivity contribution is 0.709. The standard InChI is InChI=1S/C5H10NS/c1-2-4-7-5-6-3-1/h1-5H2. The zero-order chi connectivity index (χ0) is 4.95. The fourth-order valence-electron chi connectivity index (χ4n) is 0.621. The van der Waals surface area contributed by atoms with Crippen LogP contribution in [0.4, 0.5) is 0 Å². The average molecular weight is 116 g/mol. The second-order valence-electron chi connectivity index (χ2n) is 1.69. The summed E-state index contributed by atoms with van der Waals surface area (Å²) in [6.45, 7) is 1.10. The Bertz CT molecular complexity index is 27.7. The number of thioether (sulfide) groups is 1. The van der Waals surface area contributed by atoms with Gasteiger partial charge >= 0.3 is 0 Å².